The Kier molecular flexibility index (Phi) is 2.01. The van der Waals surface area contributed by atoms with E-state index in [9.17, 15) is 9.90 Å². The van der Waals surface area contributed by atoms with Crippen LogP contribution in [0.1, 0.15) is 31.9 Å². The molecule has 2 atom stereocenters. The lowest BCUT2D eigenvalue weighted by Gasteiger charge is -2.12. The third-order valence-corrected chi connectivity index (χ3v) is 3.76. The SMILES string of the molecule is CC1(C)CC1C(O)c1ccc2[nH]c(=O)oc2c1. The van der Waals surface area contributed by atoms with Crippen molar-refractivity contribution in [3.8, 4) is 0 Å². The van der Waals surface area contributed by atoms with Crippen LogP contribution in [0.2, 0.25) is 0 Å². The number of H-pyrrole nitrogens is 1. The molecule has 0 amide bonds. The molecule has 4 heteroatoms. The average Bonchev–Trinajstić information content (AvgIpc) is 2.73. The number of rotatable bonds is 2. The Morgan fingerprint density at radius 3 is 2.88 bits per heavy atom. The summed E-state index contributed by atoms with van der Waals surface area (Å²) in [5, 5.41) is 10.2. The minimum atomic E-state index is -0.477. The van der Waals surface area contributed by atoms with E-state index in [1.807, 2.05) is 6.07 Å². The molecule has 0 spiro atoms. The Morgan fingerprint density at radius 1 is 1.53 bits per heavy atom. The number of oxazole rings is 1. The lowest BCUT2D eigenvalue weighted by molar-refractivity contribution is 0.138. The number of aliphatic hydroxyl groups excluding tert-OH is 1. The zero-order valence-electron chi connectivity index (χ0n) is 9.86. The van der Waals surface area contributed by atoms with Gasteiger partial charge >= 0.3 is 5.76 Å². The Morgan fingerprint density at radius 2 is 2.24 bits per heavy atom. The third-order valence-electron chi connectivity index (χ3n) is 3.76. The summed E-state index contributed by atoms with van der Waals surface area (Å²) in [6, 6.07) is 5.35. The van der Waals surface area contributed by atoms with Crippen molar-refractivity contribution < 1.29 is 9.52 Å². The van der Waals surface area contributed by atoms with E-state index in [0.717, 1.165) is 12.0 Å². The molecule has 2 N–H and O–H groups in total. The molecule has 90 valence electrons. The van der Waals surface area contributed by atoms with Crippen LogP contribution < -0.4 is 5.76 Å². The fourth-order valence-electron chi connectivity index (χ4n) is 2.43. The molecule has 0 saturated heterocycles. The minimum Gasteiger partial charge on any atom is -0.408 e. The molecule has 1 aromatic carbocycles. The van der Waals surface area contributed by atoms with Crippen LogP contribution >= 0.6 is 0 Å². The standard InChI is InChI=1S/C13H15NO3/c1-13(2)6-8(13)11(15)7-3-4-9-10(5-7)17-12(16)14-9/h3-5,8,11,15H,6H2,1-2H3,(H,14,16). The molecule has 0 aliphatic heterocycles. The van der Waals surface area contributed by atoms with Crippen LogP contribution in [0.3, 0.4) is 0 Å². The van der Waals surface area contributed by atoms with Gasteiger partial charge in [-0.05, 0) is 35.4 Å². The van der Waals surface area contributed by atoms with Gasteiger partial charge in [0.2, 0.25) is 0 Å². The normalized spacial score (nSPS) is 23.8. The molecule has 0 bridgehead atoms. The van der Waals surface area contributed by atoms with Gasteiger partial charge in [0.1, 0.15) is 0 Å². The summed E-state index contributed by atoms with van der Waals surface area (Å²) in [5.41, 5.74) is 2.20. The summed E-state index contributed by atoms with van der Waals surface area (Å²) in [7, 11) is 0. The molecular weight excluding hydrogens is 218 g/mol. The minimum absolute atomic E-state index is 0.216. The smallest absolute Gasteiger partial charge is 0.408 e. The Bertz CT molecular complexity index is 623. The maximum atomic E-state index is 11.0. The molecule has 17 heavy (non-hydrogen) atoms. The fourth-order valence-corrected chi connectivity index (χ4v) is 2.43. The van der Waals surface area contributed by atoms with Gasteiger partial charge in [-0.1, -0.05) is 19.9 Å². The molecule has 1 aromatic heterocycles. The first-order chi connectivity index (χ1) is 7.97. The highest BCUT2D eigenvalue weighted by atomic mass is 16.4. The van der Waals surface area contributed by atoms with Crippen molar-refractivity contribution in [1.29, 1.82) is 0 Å². The van der Waals surface area contributed by atoms with Crippen LogP contribution in [-0.4, -0.2) is 10.1 Å². The van der Waals surface area contributed by atoms with Crippen molar-refractivity contribution in [3.63, 3.8) is 0 Å². The lowest BCUT2D eigenvalue weighted by atomic mass is 9.99. The molecule has 1 saturated carbocycles. The van der Waals surface area contributed by atoms with Crippen LogP contribution in [0.25, 0.3) is 11.1 Å². The van der Waals surface area contributed by atoms with Gasteiger partial charge < -0.3 is 9.52 Å². The number of aliphatic hydroxyl groups is 1. The topological polar surface area (TPSA) is 66.2 Å². The van der Waals surface area contributed by atoms with Crippen LogP contribution in [0.4, 0.5) is 0 Å². The quantitative estimate of drug-likeness (QED) is 0.835. The number of benzene rings is 1. The van der Waals surface area contributed by atoms with Gasteiger partial charge in [0, 0.05) is 0 Å². The third kappa shape index (κ3) is 1.69. The fraction of sp³-hybridized carbons (Fsp3) is 0.462. The van der Waals surface area contributed by atoms with Gasteiger partial charge in [-0.2, -0.15) is 0 Å². The molecule has 2 unspecified atom stereocenters. The van der Waals surface area contributed by atoms with E-state index in [1.54, 1.807) is 12.1 Å². The molecule has 4 nitrogen and oxygen atoms in total. The first kappa shape index (κ1) is 10.6. The van der Waals surface area contributed by atoms with Gasteiger partial charge in [-0.25, -0.2) is 4.79 Å². The molecule has 1 heterocycles. The summed E-state index contributed by atoms with van der Waals surface area (Å²) < 4.78 is 4.99. The average molecular weight is 233 g/mol. The number of fused-ring (bicyclic) bond motifs is 1. The zero-order valence-corrected chi connectivity index (χ0v) is 9.86. The van der Waals surface area contributed by atoms with Crippen LogP contribution in [-0.2, 0) is 0 Å². The maximum Gasteiger partial charge on any atom is 0.417 e. The predicted octanol–water partition coefficient (Wildman–Crippen LogP) is 2.20. The number of aromatic amines is 1. The van der Waals surface area contributed by atoms with Crippen molar-refractivity contribution >= 4 is 11.1 Å². The van der Waals surface area contributed by atoms with Crippen molar-refractivity contribution in [2.75, 3.05) is 0 Å². The second kappa shape index (κ2) is 3.23. The second-order valence-electron chi connectivity index (χ2n) is 5.51. The summed E-state index contributed by atoms with van der Waals surface area (Å²) in [6.07, 6.45) is 0.554. The Labute approximate surface area is 98.3 Å². The molecule has 1 fully saturated rings. The number of hydrogen-bond acceptors (Lipinski definition) is 3. The highest BCUT2D eigenvalue weighted by Crippen LogP contribution is 2.57. The zero-order chi connectivity index (χ0) is 12.2. The molecule has 3 rings (SSSR count). The van der Waals surface area contributed by atoms with E-state index < -0.39 is 11.9 Å². The first-order valence-corrected chi connectivity index (χ1v) is 5.78. The highest BCUT2D eigenvalue weighted by Gasteiger charge is 2.50. The maximum absolute atomic E-state index is 11.0. The van der Waals surface area contributed by atoms with Gasteiger partial charge in [-0.15, -0.1) is 0 Å². The summed E-state index contributed by atoms with van der Waals surface area (Å²) in [6.45, 7) is 4.30. The number of nitrogens with one attached hydrogen (secondary N) is 1. The largest absolute Gasteiger partial charge is 0.417 e. The number of hydrogen-bond donors (Lipinski definition) is 2. The monoisotopic (exact) mass is 233 g/mol. The van der Waals surface area contributed by atoms with Crippen molar-refractivity contribution in [2.45, 2.75) is 26.4 Å². The second-order valence-corrected chi connectivity index (χ2v) is 5.51. The Hall–Kier alpha value is -1.55. The van der Waals surface area contributed by atoms with Crippen LogP contribution in [0.15, 0.2) is 27.4 Å². The number of aromatic nitrogens is 1. The van der Waals surface area contributed by atoms with Crippen molar-refractivity contribution in [2.24, 2.45) is 11.3 Å². The molecule has 1 aliphatic rings. The van der Waals surface area contributed by atoms with E-state index in [-0.39, 0.29) is 5.41 Å². The van der Waals surface area contributed by atoms with E-state index in [1.165, 1.54) is 0 Å². The van der Waals surface area contributed by atoms with Gasteiger partial charge in [0.25, 0.3) is 0 Å². The van der Waals surface area contributed by atoms with Gasteiger partial charge in [0.15, 0.2) is 5.58 Å². The highest BCUT2D eigenvalue weighted by molar-refractivity contribution is 5.72. The van der Waals surface area contributed by atoms with Crippen LogP contribution in [0, 0.1) is 11.3 Å². The first-order valence-electron chi connectivity index (χ1n) is 5.78. The van der Waals surface area contributed by atoms with Gasteiger partial charge in [0.05, 0.1) is 11.6 Å². The molecule has 1 aliphatic carbocycles. The summed E-state index contributed by atoms with van der Waals surface area (Å²) in [4.78, 5) is 13.6. The lowest BCUT2D eigenvalue weighted by Crippen LogP contribution is -2.04. The van der Waals surface area contributed by atoms with E-state index in [0.29, 0.717) is 17.0 Å². The Balaban J connectivity index is 1.98. The molecule has 2 aromatic rings. The molecular formula is C13H15NO3. The van der Waals surface area contributed by atoms with Gasteiger partial charge in [-0.3, -0.25) is 4.98 Å². The van der Waals surface area contributed by atoms with E-state index >= 15 is 0 Å². The molecule has 0 radical (unpaired) electrons. The van der Waals surface area contributed by atoms with E-state index in [4.69, 9.17) is 4.42 Å². The predicted molar refractivity (Wildman–Crippen MR) is 63.7 cm³/mol. The van der Waals surface area contributed by atoms with Crippen molar-refractivity contribution in [1.82, 2.24) is 4.98 Å². The van der Waals surface area contributed by atoms with E-state index in [2.05, 4.69) is 18.8 Å². The summed E-state index contributed by atoms with van der Waals surface area (Å²) >= 11 is 0. The van der Waals surface area contributed by atoms with Crippen molar-refractivity contribution in [3.05, 3.63) is 34.3 Å². The summed E-state index contributed by atoms with van der Waals surface area (Å²) in [5.74, 6) is -0.163. The van der Waals surface area contributed by atoms with Crippen LogP contribution in [0.5, 0.6) is 0 Å².